The predicted octanol–water partition coefficient (Wildman–Crippen LogP) is 3.39. The van der Waals surface area contributed by atoms with Crippen LogP contribution in [0.4, 0.5) is 32.0 Å². The molecule has 0 N–H and O–H groups in total. The van der Waals surface area contributed by atoms with Gasteiger partial charge in [0.1, 0.15) is 6.54 Å². The summed E-state index contributed by atoms with van der Waals surface area (Å²) in [5.74, 6) is 0. The van der Waals surface area contributed by atoms with Crippen molar-refractivity contribution in [1.82, 2.24) is 12.9 Å². The van der Waals surface area contributed by atoms with Crippen LogP contribution in [0.1, 0.15) is 11.1 Å². The van der Waals surface area contributed by atoms with Crippen molar-refractivity contribution in [3.05, 3.63) is 59.7 Å². The third-order valence-electron chi connectivity index (χ3n) is 5.89. The van der Waals surface area contributed by atoms with Gasteiger partial charge in [-0.15, -0.1) is 0 Å². The zero-order chi connectivity index (χ0) is 28.5. The average Bonchev–Trinajstić information content (AvgIpc) is 2.82. The molecule has 1 aliphatic heterocycles. The van der Waals surface area contributed by atoms with Crippen LogP contribution in [0.5, 0.6) is 0 Å². The topological polar surface area (TPSA) is 81.2 Å². The minimum atomic E-state index is -5.01. The highest BCUT2D eigenvalue weighted by atomic mass is 32.2. The van der Waals surface area contributed by atoms with Gasteiger partial charge < -0.3 is 4.90 Å². The number of nitrogens with zero attached hydrogens (tertiary/aromatic N) is 4. The molecule has 1 fully saturated rings. The molecule has 1 saturated heterocycles. The highest BCUT2D eigenvalue weighted by molar-refractivity contribution is 7.89. The smallest absolute Gasteiger partial charge is 0.369 e. The average molecular weight is 589 g/mol. The van der Waals surface area contributed by atoms with Gasteiger partial charge in [-0.1, -0.05) is 18.2 Å². The van der Waals surface area contributed by atoms with E-state index in [4.69, 9.17) is 0 Å². The summed E-state index contributed by atoms with van der Waals surface area (Å²) in [6.45, 7) is -2.22. The summed E-state index contributed by atoms with van der Waals surface area (Å²) in [5.41, 5.74) is -1.33. The van der Waals surface area contributed by atoms with Crippen molar-refractivity contribution >= 4 is 25.9 Å². The number of piperazine rings is 1. The fraction of sp³-hybridized carbons (Fsp3) is 0.455. The second-order valence-electron chi connectivity index (χ2n) is 8.71. The highest BCUT2D eigenvalue weighted by Crippen LogP contribution is 2.34. The molecule has 1 heterocycles. The molecule has 212 valence electrons. The summed E-state index contributed by atoms with van der Waals surface area (Å²) in [4.78, 5) is 1.26. The van der Waals surface area contributed by atoms with Gasteiger partial charge in [0.25, 0.3) is 10.2 Å². The van der Waals surface area contributed by atoms with Gasteiger partial charge in [0.2, 0.25) is 10.0 Å². The Morgan fingerprint density at radius 1 is 0.816 bits per heavy atom. The Morgan fingerprint density at radius 2 is 1.37 bits per heavy atom. The van der Waals surface area contributed by atoms with Gasteiger partial charge in [0, 0.05) is 52.5 Å². The van der Waals surface area contributed by atoms with Gasteiger partial charge in [-0.3, -0.25) is 0 Å². The van der Waals surface area contributed by atoms with E-state index in [0.29, 0.717) is 11.8 Å². The highest BCUT2D eigenvalue weighted by Gasteiger charge is 2.39. The Morgan fingerprint density at radius 3 is 1.87 bits per heavy atom. The summed E-state index contributed by atoms with van der Waals surface area (Å²) in [7, 11) is -5.63. The normalized spacial score (nSPS) is 16.4. The van der Waals surface area contributed by atoms with Crippen molar-refractivity contribution in [2.24, 2.45) is 0 Å². The zero-order valence-corrected chi connectivity index (χ0v) is 22.0. The van der Waals surface area contributed by atoms with Gasteiger partial charge in [-0.25, -0.2) is 8.42 Å². The van der Waals surface area contributed by atoms with Crippen LogP contribution in [-0.2, 0) is 33.0 Å². The fourth-order valence-corrected chi connectivity index (χ4v) is 6.43. The molecule has 2 aromatic rings. The maximum atomic E-state index is 13.4. The molecule has 8 nitrogen and oxygen atoms in total. The maximum Gasteiger partial charge on any atom is 0.416 e. The second kappa shape index (κ2) is 11.0. The second-order valence-corrected chi connectivity index (χ2v) is 12.8. The first-order chi connectivity index (χ1) is 17.4. The number of sulfonamides is 1. The lowest BCUT2D eigenvalue weighted by atomic mass is 10.1. The van der Waals surface area contributed by atoms with Gasteiger partial charge in [0.05, 0.1) is 10.5 Å². The van der Waals surface area contributed by atoms with Crippen LogP contribution in [0.3, 0.4) is 0 Å². The zero-order valence-electron chi connectivity index (χ0n) is 20.4. The van der Waals surface area contributed by atoms with E-state index < -0.39 is 61.7 Å². The van der Waals surface area contributed by atoms with E-state index in [0.717, 1.165) is 28.6 Å². The molecule has 0 atom stereocenters. The van der Waals surface area contributed by atoms with Crippen LogP contribution < -0.4 is 4.90 Å². The minimum Gasteiger partial charge on any atom is -0.369 e. The lowest BCUT2D eigenvalue weighted by molar-refractivity contribution is -0.140. The Balaban J connectivity index is 1.84. The molecular formula is C22H26F6N4O4S2. The molecule has 0 spiro atoms. The molecule has 1 aliphatic rings. The first kappa shape index (κ1) is 30.1. The lowest BCUT2D eigenvalue weighted by Gasteiger charge is -2.36. The van der Waals surface area contributed by atoms with Gasteiger partial charge in [0.15, 0.2) is 0 Å². The predicted molar refractivity (Wildman–Crippen MR) is 128 cm³/mol. The van der Waals surface area contributed by atoms with Crippen LogP contribution in [0.2, 0.25) is 0 Å². The Bertz CT molecular complexity index is 1320. The van der Waals surface area contributed by atoms with Crippen molar-refractivity contribution in [3.8, 4) is 0 Å². The van der Waals surface area contributed by atoms with Crippen LogP contribution >= 0.6 is 0 Å². The van der Waals surface area contributed by atoms with Gasteiger partial charge in [-0.2, -0.15) is 47.7 Å². The maximum absolute atomic E-state index is 13.4. The Kier molecular flexibility index (Phi) is 8.72. The molecule has 0 unspecified atom stereocenters. The third kappa shape index (κ3) is 6.97. The van der Waals surface area contributed by atoms with E-state index in [9.17, 15) is 43.2 Å². The summed E-state index contributed by atoms with van der Waals surface area (Å²) in [6.07, 6.45) is -9.89. The SMILES string of the molecule is CN(C)S(=O)(=O)N1CCN(c2ccc(S(=O)(=O)N(Cc3ccccc3C(F)(F)F)CC(F)(F)F)cc2)CC1. The molecule has 38 heavy (non-hydrogen) atoms. The summed E-state index contributed by atoms with van der Waals surface area (Å²) >= 11 is 0. The number of hydrogen-bond acceptors (Lipinski definition) is 5. The van der Waals surface area contributed by atoms with Crippen LogP contribution in [0.25, 0.3) is 0 Å². The van der Waals surface area contributed by atoms with Crippen LogP contribution in [0, 0.1) is 0 Å². The number of halogens is 6. The standard InChI is InChI=1S/C22H26F6N4O4S2/c1-29(2)38(35,36)31-13-11-30(12-14-31)18-7-9-19(10-8-18)37(33,34)32(16-21(23,24)25)15-17-5-3-4-6-20(17)22(26,27)28/h3-10H,11-16H2,1-2H3. The van der Waals surface area contributed by atoms with Crippen molar-refractivity contribution < 1.29 is 43.2 Å². The largest absolute Gasteiger partial charge is 0.416 e. The number of benzene rings is 2. The number of rotatable bonds is 8. The van der Waals surface area contributed by atoms with Crippen LogP contribution in [-0.4, -0.2) is 82.7 Å². The van der Waals surface area contributed by atoms with E-state index in [-0.39, 0.29) is 30.5 Å². The Hall–Kier alpha value is -2.40. The first-order valence-electron chi connectivity index (χ1n) is 11.2. The fourth-order valence-electron chi connectivity index (χ4n) is 3.94. The van der Waals surface area contributed by atoms with Crippen molar-refractivity contribution in [2.45, 2.75) is 23.8 Å². The van der Waals surface area contributed by atoms with E-state index in [2.05, 4.69) is 0 Å². The molecule has 0 bridgehead atoms. The minimum absolute atomic E-state index is 0.0303. The molecule has 2 aromatic carbocycles. The molecule has 0 amide bonds. The third-order valence-corrected chi connectivity index (χ3v) is 9.64. The van der Waals surface area contributed by atoms with Gasteiger partial charge in [-0.05, 0) is 35.9 Å². The van der Waals surface area contributed by atoms with E-state index in [1.54, 1.807) is 4.90 Å². The molecule has 0 aromatic heterocycles. The summed E-state index contributed by atoms with van der Waals surface area (Å²) < 4.78 is 133. The van der Waals surface area contributed by atoms with E-state index >= 15 is 0 Å². The van der Waals surface area contributed by atoms with Crippen molar-refractivity contribution in [1.29, 1.82) is 0 Å². The molecule has 3 rings (SSSR count). The summed E-state index contributed by atoms with van der Waals surface area (Å²) in [6, 6.07) is 8.72. The van der Waals surface area contributed by atoms with Gasteiger partial charge >= 0.3 is 12.4 Å². The van der Waals surface area contributed by atoms with Crippen LogP contribution in [0.15, 0.2) is 53.4 Å². The first-order valence-corrected chi connectivity index (χ1v) is 14.0. The Labute approximate surface area is 217 Å². The number of alkyl halides is 6. The molecule has 0 saturated carbocycles. The van der Waals surface area contributed by atoms with E-state index in [1.807, 2.05) is 0 Å². The quantitative estimate of drug-likeness (QED) is 0.442. The lowest BCUT2D eigenvalue weighted by Crippen LogP contribution is -2.51. The number of hydrogen-bond donors (Lipinski definition) is 0. The molecule has 0 aliphatic carbocycles. The number of anilines is 1. The summed E-state index contributed by atoms with van der Waals surface area (Å²) in [5, 5.41) is 0. The molecular weight excluding hydrogens is 562 g/mol. The molecule has 0 radical (unpaired) electrons. The van der Waals surface area contributed by atoms with E-state index in [1.165, 1.54) is 36.6 Å². The van der Waals surface area contributed by atoms with Crippen molar-refractivity contribution in [3.63, 3.8) is 0 Å². The van der Waals surface area contributed by atoms with Crippen molar-refractivity contribution in [2.75, 3.05) is 51.7 Å². The molecule has 16 heteroatoms. The monoisotopic (exact) mass is 588 g/mol.